The Kier molecular flexibility index (Phi) is 6.02. The number of ether oxygens (including phenoxy) is 1. The summed E-state index contributed by atoms with van der Waals surface area (Å²) in [5.41, 5.74) is 5.09. The average molecular weight is 284 g/mol. The highest BCUT2D eigenvalue weighted by atomic mass is 16.5. The van der Waals surface area contributed by atoms with Gasteiger partial charge in [0.25, 0.3) is 0 Å². The quantitative estimate of drug-likeness (QED) is 0.755. The van der Waals surface area contributed by atoms with E-state index in [2.05, 4.69) is 33.0 Å². The van der Waals surface area contributed by atoms with Crippen molar-refractivity contribution in [2.75, 3.05) is 13.2 Å². The van der Waals surface area contributed by atoms with E-state index in [9.17, 15) is 4.79 Å². The van der Waals surface area contributed by atoms with E-state index in [0.717, 1.165) is 25.8 Å². The Morgan fingerprint density at radius 2 is 2.10 bits per heavy atom. The maximum atomic E-state index is 11.7. The van der Waals surface area contributed by atoms with E-state index in [1.807, 2.05) is 6.92 Å². The maximum absolute atomic E-state index is 11.7. The van der Waals surface area contributed by atoms with Gasteiger partial charge in [0.05, 0.1) is 12.7 Å². The van der Waals surface area contributed by atoms with Gasteiger partial charge in [-0.25, -0.2) is 0 Å². The first-order valence-corrected chi connectivity index (χ1v) is 7.85. The van der Waals surface area contributed by atoms with E-state index >= 15 is 0 Å². The molecule has 4 nitrogen and oxygen atoms in total. The monoisotopic (exact) mass is 284 g/mol. The van der Waals surface area contributed by atoms with Crippen molar-refractivity contribution in [2.24, 2.45) is 17.1 Å². The summed E-state index contributed by atoms with van der Waals surface area (Å²) in [6.07, 6.45) is 4.58. The van der Waals surface area contributed by atoms with Crippen LogP contribution in [0.25, 0.3) is 0 Å². The second-order valence-corrected chi connectivity index (χ2v) is 7.47. The molecule has 4 heteroatoms. The van der Waals surface area contributed by atoms with Gasteiger partial charge in [0.15, 0.2) is 0 Å². The summed E-state index contributed by atoms with van der Waals surface area (Å²) < 4.78 is 6.05. The van der Waals surface area contributed by atoms with Crippen LogP contribution in [-0.4, -0.2) is 30.7 Å². The van der Waals surface area contributed by atoms with Crippen LogP contribution in [-0.2, 0) is 9.53 Å². The van der Waals surface area contributed by atoms with Gasteiger partial charge in [0.2, 0.25) is 5.91 Å². The predicted molar refractivity (Wildman–Crippen MR) is 82.4 cm³/mol. The lowest BCUT2D eigenvalue weighted by atomic mass is 9.71. The van der Waals surface area contributed by atoms with Gasteiger partial charge >= 0.3 is 0 Å². The SMILES string of the molecule is CCCNC(C)(COC1CC(C)CC(C)(C)C1)C(N)=O. The largest absolute Gasteiger partial charge is 0.376 e. The Hall–Kier alpha value is -0.610. The second kappa shape index (κ2) is 6.90. The molecule has 0 aromatic rings. The number of hydrogen-bond acceptors (Lipinski definition) is 3. The lowest BCUT2D eigenvalue weighted by Crippen LogP contribution is -2.57. The van der Waals surface area contributed by atoms with Crippen molar-refractivity contribution >= 4 is 5.91 Å². The van der Waals surface area contributed by atoms with Crippen molar-refractivity contribution in [3.63, 3.8) is 0 Å². The third-order valence-electron chi connectivity index (χ3n) is 4.26. The van der Waals surface area contributed by atoms with Crippen molar-refractivity contribution in [1.29, 1.82) is 0 Å². The molecule has 1 aliphatic rings. The first kappa shape index (κ1) is 17.4. The van der Waals surface area contributed by atoms with Crippen LogP contribution in [0.3, 0.4) is 0 Å². The molecule has 0 aliphatic heterocycles. The van der Waals surface area contributed by atoms with Crippen molar-refractivity contribution < 1.29 is 9.53 Å². The lowest BCUT2D eigenvalue weighted by Gasteiger charge is -2.40. The number of amides is 1. The normalized spacial score (nSPS) is 28.9. The van der Waals surface area contributed by atoms with Gasteiger partial charge in [0.1, 0.15) is 5.54 Å². The molecule has 0 aromatic carbocycles. The highest BCUT2D eigenvalue weighted by Gasteiger charge is 2.36. The summed E-state index contributed by atoms with van der Waals surface area (Å²) in [5, 5.41) is 3.22. The molecule has 1 fully saturated rings. The van der Waals surface area contributed by atoms with Crippen LogP contribution < -0.4 is 11.1 Å². The number of hydrogen-bond donors (Lipinski definition) is 2. The molecule has 3 unspecified atom stereocenters. The minimum absolute atomic E-state index is 0.232. The summed E-state index contributed by atoms with van der Waals surface area (Å²) >= 11 is 0. The number of primary amides is 1. The Bertz CT molecular complexity index is 330. The zero-order chi connectivity index (χ0) is 15.4. The molecule has 0 spiro atoms. The molecule has 3 N–H and O–H groups in total. The Labute approximate surface area is 123 Å². The van der Waals surface area contributed by atoms with Crippen LogP contribution in [0.15, 0.2) is 0 Å². The van der Waals surface area contributed by atoms with Gasteiger partial charge in [-0.1, -0.05) is 27.7 Å². The standard InChI is InChI=1S/C16H32N2O2/c1-6-7-18-16(5,14(17)19)11-20-13-8-12(2)9-15(3,4)10-13/h12-13,18H,6-11H2,1-5H3,(H2,17,19). The second-order valence-electron chi connectivity index (χ2n) is 7.47. The minimum Gasteiger partial charge on any atom is -0.376 e. The van der Waals surface area contributed by atoms with Gasteiger partial charge in [-0.15, -0.1) is 0 Å². The molecule has 118 valence electrons. The molecular weight excluding hydrogens is 252 g/mol. The van der Waals surface area contributed by atoms with E-state index in [-0.39, 0.29) is 12.0 Å². The molecule has 20 heavy (non-hydrogen) atoms. The third-order valence-corrected chi connectivity index (χ3v) is 4.26. The van der Waals surface area contributed by atoms with Crippen LogP contribution in [0, 0.1) is 11.3 Å². The molecule has 1 amide bonds. The molecule has 0 bridgehead atoms. The predicted octanol–water partition coefficient (Wildman–Crippen LogP) is 2.46. The van der Waals surface area contributed by atoms with Gasteiger partial charge in [0, 0.05) is 0 Å². The van der Waals surface area contributed by atoms with Crippen LogP contribution >= 0.6 is 0 Å². The fourth-order valence-corrected chi connectivity index (χ4v) is 3.28. The van der Waals surface area contributed by atoms with Gasteiger partial charge in [-0.3, -0.25) is 4.79 Å². The number of nitrogens with one attached hydrogen (secondary N) is 1. The fourth-order valence-electron chi connectivity index (χ4n) is 3.28. The number of carbonyl (C=O) groups is 1. The molecule has 0 aromatic heterocycles. The summed E-state index contributed by atoms with van der Waals surface area (Å²) in [6, 6.07) is 0. The topological polar surface area (TPSA) is 64.3 Å². The number of rotatable bonds is 7. The highest BCUT2D eigenvalue weighted by Crippen LogP contribution is 2.39. The van der Waals surface area contributed by atoms with Crippen LogP contribution in [0.1, 0.15) is 60.3 Å². The number of nitrogens with two attached hydrogens (primary N) is 1. The van der Waals surface area contributed by atoms with Crippen LogP contribution in [0.5, 0.6) is 0 Å². The maximum Gasteiger partial charge on any atom is 0.239 e. The molecule has 0 radical (unpaired) electrons. The first-order valence-electron chi connectivity index (χ1n) is 7.85. The van der Waals surface area contributed by atoms with Crippen molar-refractivity contribution in [3.8, 4) is 0 Å². The van der Waals surface area contributed by atoms with E-state index in [0.29, 0.717) is 17.9 Å². The zero-order valence-electron chi connectivity index (χ0n) is 13.8. The molecule has 1 rings (SSSR count). The van der Waals surface area contributed by atoms with Gasteiger partial charge in [-0.05, 0) is 50.5 Å². The fraction of sp³-hybridized carbons (Fsp3) is 0.938. The van der Waals surface area contributed by atoms with E-state index in [1.165, 1.54) is 6.42 Å². The summed E-state index contributed by atoms with van der Waals surface area (Å²) in [5.74, 6) is 0.334. The summed E-state index contributed by atoms with van der Waals surface area (Å²) in [7, 11) is 0. The first-order chi connectivity index (χ1) is 9.18. The van der Waals surface area contributed by atoms with Gasteiger partial charge in [-0.2, -0.15) is 0 Å². The van der Waals surface area contributed by atoms with Gasteiger partial charge < -0.3 is 15.8 Å². The van der Waals surface area contributed by atoms with Crippen molar-refractivity contribution in [1.82, 2.24) is 5.32 Å². The van der Waals surface area contributed by atoms with Crippen LogP contribution in [0.4, 0.5) is 0 Å². The Morgan fingerprint density at radius 1 is 1.45 bits per heavy atom. The smallest absolute Gasteiger partial charge is 0.239 e. The molecule has 1 aliphatic carbocycles. The van der Waals surface area contributed by atoms with Crippen molar-refractivity contribution in [2.45, 2.75) is 71.9 Å². The molecule has 3 atom stereocenters. The van der Waals surface area contributed by atoms with E-state index in [4.69, 9.17) is 10.5 Å². The zero-order valence-corrected chi connectivity index (χ0v) is 13.8. The lowest BCUT2D eigenvalue weighted by molar-refractivity contribution is -0.128. The van der Waals surface area contributed by atoms with Crippen molar-refractivity contribution in [3.05, 3.63) is 0 Å². The summed E-state index contributed by atoms with van der Waals surface area (Å²) in [6.45, 7) is 11.9. The molecule has 0 saturated heterocycles. The highest BCUT2D eigenvalue weighted by molar-refractivity contribution is 5.84. The Morgan fingerprint density at radius 3 is 2.60 bits per heavy atom. The minimum atomic E-state index is -0.763. The number of carbonyl (C=O) groups excluding carboxylic acids is 1. The van der Waals surface area contributed by atoms with E-state index < -0.39 is 5.54 Å². The Balaban J connectivity index is 2.56. The van der Waals surface area contributed by atoms with Crippen LogP contribution in [0.2, 0.25) is 0 Å². The molecule has 1 saturated carbocycles. The molecule has 0 heterocycles. The third kappa shape index (κ3) is 5.06. The summed E-state index contributed by atoms with van der Waals surface area (Å²) in [4.78, 5) is 11.7. The average Bonchev–Trinajstić information content (AvgIpc) is 2.31. The molecular formula is C16H32N2O2. The van der Waals surface area contributed by atoms with E-state index in [1.54, 1.807) is 0 Å².